The van der Waals surface area contributed by atoms with E-state index < -0.39 is 11.7 Å². The van der Waals surface area contributed by atoms with E-state index in [9.17, 15) is 13.2 Å². The number of benzene rings is 7. The van der Waals surface area contributed by atoms with Crippen molar-refractivity contribution in [1.29, 1.82) is 0 Å². The van der Waals surface area contributed by atoms with E-state index in [1.807, 2.05) is 55.5 Å². The van der Waals surface area contributed by atoms with Crippen molar-refractivity contribution in [3.05, 3.63) is 181 Å². The standard InChI is InChI=1S/C48H31F3N4/c1-30-15-17-31(18-16-30)41-29-42(32-19-23-35(24-20-32)48(49,50)51)53-47(52-41)55-44-14-8-6-12-38(44)40-28-34(22-26-46(40)55)33-21-25-45-39(27-33)37-11-5-7-13-43(37)54(45)36-9-3-2-4-10-36/h2-29H,1H3. The topological polar surface area (TPSA) is 35.6 Å². The van der Waals surface area contributed by atoms with Crippen molar-refractivity contribution in [2.24, 2.45) is 0 Å². The van der Waals surface area contributed by atoms with Crippen molar-refractivity contribution in [3.8, 4) is 45.3 Å². The minimum absolute atomic E-state index is 0.432. The van der Waals surface area contributed by atoms with E-state index in [-0.39, 0.29) is 0 Å². The molecule has 0 aliphatic rings. The number of aryl methyl sites for hydroxylation is 1. The highest BCUT2D eigenvalue weighted by molar-refractivity contribution is 6.12. The molecular formula is C48H31F3N4. The summed E-state index contributed by atoms with van der Waals surface area (Å²) < 4.78 is 44.8. The smallest absolute Gasteiger partial charge is 0.309 e. The van der Waals surface area contributed by atoms with E-state index in [1.165, 1.54) is 22.9 Å². The number of rotatable bonds is 5. The van der Waals surface area contributed by atoms with E-state index >= 15 is 0 Å². The SMILES string of the molecule is Cc1ccc(-c2cc(-c3ccc(C(F)(F)F)cc3)nc(-n3c4ccccc4c4cc(-c5ccc6c(c5)c5ccccc5n6-c5ccccc5)ccc43)n2)cc1. The molecule has 4 nitrogen and oxygen atoms in total. The monoisotopic (exact) mass is 720 g/mol. The van der Waals surface area contributed by atoms with Gasteiger partial charge in [0.2, 0.25) is 5.95 Å². The Kier molecular flexibility index (Phi) is 7.46. The number of aromatic nitrogens is 4. The number of nitrogens with zero attached hydrogens (tertiary/aromatic N) is 4. The zero-order valence-corrected chi connectivity index (χ0v) is 29.6. The van der Waals surface area contributed by atoms with Crippen LogP contribution in [0.15, 0.2) is 170 Å². The molecule has 0 amide bonds. The van der Waals surface area contributed by atoms with Gasteiger partial charge in [0.15, 0.2) is 0 Å². The third-order valence-corrected chi connectivity index (χ3v) is 10.5. The van der Waals surface area contributed by atoms with Gasteiger partial charge >= 0.3 is 6.18 Å². The molecule has 3 aromatic heterocycles. The Balaban J connectivity index is 1.15. The molecule has 264 valence electrons. The van der Waals surface area contributed by atoms with Crippen LogP contribution >= 0.6 is 0 Å². The van der Waals surface area contributed by atoms with Crippen molar-refractivity contribution in [3.63, 3.8) is 0 Å². The van der Waals surface area contributed by atoms with Crippen LogP contribution in [-0.2, 0) is 6.18 Å². The van der Waals surface area contributed by atoms with Gasteiger partial charge in [0.25, 0.3) is 0 Å². The van der Waals surface area contributed by atoms with E-state index in [4.69, 9.17) is 9.97 Å². The fourth-order valence-corrected chi connectivity index (χ4v) is 7.76. The van der Waals surface area contributed by atoms with Crippen LogP contribution in [0.1, 0.15) is 11.1 Å². The summed E-state index contributed by atoms with van der Waals surface area (Å²) in [5.74, 6) is 0.432. The summed E-state index contributed by atoms with van der Waals surface area (Å²) >= 11 is 0. The van der Waals surface area contributed by atoms with Gasteiger partial charge in [-0.25, -0.2) is 9.97 Å². The number of alkyl halides is 3. The third kappa shape index (κ3) is 5.55. The fraction of sp³-hybridized carbons (Fsp3) is 0.0417. The first-order valence-electron chi connectivity index (χ1n) is 18.1. The molecule has 0 bridgehead atoms. The van der Waals surface area contributed by atoms with Crippen LogP contribution in [0.5, 0.6) is 0 Å². The minimum Gasteiger partial charge on any atom is -0.309 e. The minimum atomic E-state index is -4.43. The van der Waals surface area contributed by atoms with Crippen LogP contribution in [0.3, 0.4) is 0 Å². The van der Waals surface area contributed by atoms with Crippen molar-refractivity contribution in [1.82, 2.24) is 19.1 Å². The Morgan fingerprint density at radius 1 is 0.418 bits per heavy atom. The van der Waals surface area contributed by atoms with E-state index in [2.05, 4.69) is 106 Å². The summed E-state index contributed by atoms with van der Waals surface area (Å²) in [6.07, 6.45) is -4.43. The average Bonchev–Trinajstić information content (AvgIpc) is 3.73. The largest absolute Gasteiger partial charge is 0.416 e. The number of para-hydroxylation sites is 3. The lowest BCUT2D eigenvalue weighted by Gasteiger charge is -2.13. The fourth-order valence-electron chi connectivity index (χ4n) is 7.76. The normalized spacial score (nSPS) is 12.0. The predicted molar refractivity (Wildman–Crippen MR) is 217 cm³/mol. The summed E-state index contributed by atoms with van der Waals surface area (Å²) in [7, 11) is 0. The first-order chi connectivity index (χ1) is 26.8. The summed E-state index contributed by atoms with van der Waals surface area (Å²) in [5.41, 5.74) is 10.5. The zero-order chi connectivity index (χ0) is 37.3. The second kappa shape index (κ2) is 12.6. The van der Waals surface area contributed by atoms with Gasteiger partial charge in [-0.15, -0.1) is 0 Å². The predicted octanol–water partition coefficient (Wildman–Crippen LogP) is 13.0. The van der Waals surface area contributed by atoms with Crippen LogP contribution in [-0.4, -0.2) is 19.1 Å². The maximum atomic E-state index is 13.5. The highest BCUT2D eigenvalue weighted by Crippen LogP contribution is 2.39. The summed E-state index contributed by atoms with van der Waals surface area (Å²) in [6, 6.07) is 55.3. The molecule has 0 fully saturated rings. The molecule has 7 aromatic carbocycles. The molecule has 7 heteroatoms. The van der Waals surface area contributed by atoms with Gasteiger partial charge in [-0.1, -0.05) is 109 Å². The molecule has 0 unspecified atom stereocenters. The van der Waals surface area contributed by atoms with Crippen molar-refractivity contribution in [2.45, 2.75) is 13.1 Å². The van der Waals surface area contributed by atoms with Crippen LogP contribution < -0.4 is 0 Å². The first-order valence-corrected chi connectivity index (χ1v) is 18.1. The lowest BCUT2D eigenvalue weighted by atomic mass is 10.0. The van der Waals surface area contributed by atoms with Crippen LogP contribution in [0.4, 0.5) is 13.2 Å². The van der Waals surface area contributed by atoms with E-state index in [0.717, 1.165) is 72.9 Å². The number of hydrogen-bond donors (Lipinski definition) is 0. The Morgan fingerprint density at radius 3 is 1.44 bits per heavy atom. The van der Waals surface area contributed by atoms with E-state index in [1.54, 1.807) is 0 Å². The lowest BCUT2D eigenvalue weighted by Crippen LogP contribution is -2.05. The first kappa shape index (κ1) is 32.6. The van der Waals surface area contributed by atoms with Crippen LogP contribution in [0, 0.1) is 6.92 Å². The van der Waals surface area contributed by atoms with Gasteiger partial charge in [-0.3, -0.25) is 4.57 Å². The molecule has 0 saturated heterocycles. The molecule has 0 spiro atoms. The Morgan fingerprint density at radius 2 is 0.873 bits per heavy atom. The van der Waals surface area contributed by atoms with Gasteiger partial charge < -0.3 is 4.57 Å². The van der Waals surface area contributed by atoms with E-state index in [0.29, 0.717) is 22.9 Å². The number of halogens is 3. The highest BCUT2D eigenvalue weighted by atomic mass is 19.4. The summed E-state index contributed by atoms with van der Waals surface area (Å²) in [5, 5.41) is 4.45. The number of hydrogen-bond acceptors (Lipinski definition) is 2. The second-order valence-corrected chi connectivity index (χ2v) is 13.9. The molecule has 0 N–H and O–H groups in total. The van der Waals surface area contributed by atoms with Gasteiger partial charge in [-0.05, 0) is 84.8 Å². The molecule has 10 aromatic rings. The Labute approximate surface area is 314 Å². The molecule has 0 aliphatic carbocycles. The van der Waals surface area contributed by atoms with Gasteiger partial charge in [0.1, 0.15) is 0 Å². The molecule has 10 rings (SSSR count). The van der Waals surface area contributed by atoms with Gasteiger partial charge in [0, 0.05) is 38.4 Å². The summed E-state index contributed by atoms with van der Waals surface area (Å²) in [6.45, 7) is 2.02. The second-order valence-electron chi connectivity index (χ2n) is 13.9. The molecule has 55 heavy (non-hydrogen) atoms. The van der Waals surface area contributed by atoms with Gasteiger partial charge in [-0.2, -0.15) is 13.2 Å². The number of fused-ring (bicyclic) bond motifs is 6. The maximum Gasteiger partial charge on any atom is 0.416 e. The molecule has 0 aliphatic heterocycles. The van der Waals surface area contributed by atoms with Crippen LogP contribution in [0.2, 0.25) is 0 Å². The van der Waals surface area contributed by atoms with Crippen molar-refractivity contribution < 1.29 is 13.2 Å². The molecular weight excluding hydrogens is 690 g/mol. The average molecular weight is 721 g/mol. The highest BCUT2D eigenvalue weighted by Gasteiger charge is 2.30. The molecule has 0 saturated carbocycles. The molecule has 0 atom stereocenters. The van der Waals surface area contributed by atoms with Crippen molar-refractivity contribution >= 4 is 43.6 Å². The maximum absolute atomic E-state index is 13.5. The quantitative estimate of drug-likeness (QED) is 0.177. The Hall–Kier alpha value is -6.99. The molecule has 3 heterocycles. The third-order valence-electron chi connectivity index (χ3n) is 10.5. The summed E-state index contributed by atoms with van der Waals surface area (Å²) in [4.78, 5) is 10.1. The lowest BCUT2D eigenvalue weighted by molar-refractivity contribution is -0.137. The molecule has 0 radical (unpaired) electrons. The van der Waals surface area contributed by atoms with Crippen LogP contribution in [0.25, 0.3) is 88.9 Å². The zero-order valence-electron chi connectivity index (χ0n) is 29.6. The van der Waals surface area contributed by atoms with Crippen molar-refractivity contribution in [2.75, 3.05) is 0 Å². The Bertz CT molecular complexity index is 3070. The van der Waals surface area contributed by atoms with Gasteiger partial charge in [0.05, 0.1) is 39.0 Å².